The summed E-state index contributed by atoms with van der Waals surface area (Å²) < 4.78 is 0. The van der Waals surface area contributed by atoms with Crippen LogP contribution in [-0.4, -0.2) is 18.0 Å². The number of fused-ring (bicyclic) bond motifs is 1. The number of carbonyl (C=O) groups is 1. The number of hydrogen-bond donors (Lipinski definition) is 1. The number of rotatable bonds is 2. The van der Waals surface area contributed by atoms with Crippen molar-refractivity contribution in [2.24, 2.45) is 5.73 Å². The second-order valence-corrected chi connectivity index (χ2v) is 5.93. The Morgan fingerprint density at radius 2 is 2.15 bits per heavy atom. The molecule has 2 aliphatic rings. The second-order valence-electron chi connectivity index (χ2n) is 5.93. The van der Waals surface area contributed by atoms with Crippen LogP contribution in [0.4, 0.5) is 5.69 Å². The molecule has 106 valence electrons. The van der Waals surface area contributed by atoms with Crippen molar-refractivity contribution >= 4 is 11.6 Å². The Balaban J connectivity index is 2.02. The molecule has 0 fully saturated rings. The first-order valence-corrected chi connectivity index (χ1v) is 7.51. The number of allylic oxidation sites excluding steroid dienone is 1. The first-order chi connectivity index (χ1) is 9.68. The normalized spacial score (nSPS) is 29.1. The largest absolute Gasteiger partial charge is 0.369 e. The molecule has 2 N–H and O–H groups in total. The molecule has 3 heteroatoms. The van der Waals surface area contributed by atoms with Crippen LogP contribution in [0.1, 0.15) is 44.1 Å². The van der Waals surface area contributed by atoms with Crippen LogP contribution < -0.4 is 10.6 Å². The Bertz CT molecular complexity index is 538. The van der Waals surface area contributed by atoms with Gasteiger partial charge in [-0.3, -0.25) is 4.79 Å². The van der Waals surface area contributed by atoms with Gasteiger partial charge in [0.05, 0.1) is 5.92 Å². The third-order valence-electron chi connectivity index (χ3n) is 4.57. The summed E-state index contributed by atoms with van der Waals surface area (Å²) in [4.78, 5) is 14.2. The summed E-state index contributed by atoms with van der Waals surface area (Å²) in [6, 6.07) is 9.03. The molecule has 1 heterocycles. The molecule has 0 bridgehead atoms. The van der Waals surface area contributed by atoms with Crippen molar-refractivity contribution < 1.29 is 4.79 Å². The third-order valence-corrected chi connectivity index (χ3v) is 4.57. The van der Waals surface area contributed by atoms with Gasteiger partial charge in [0.15, 0.2) is 0 Å². The number of para-hydroxylation sites is 1. The predicted molar refractivity (Wildman–Crippen MR) is 81.7 cm³/mol. The fourth-order valence-electron chi connectivity index (χ4n) is 3.64. The van der Waals surface area contributed by atoms with E-state index < -0.39 is 0 Å². The summed E-state index contributed by atoms with van der Waals surface area (Å²) in [6.07, 6.45) is 9.04. The molecule has 0 unspecified atom stereocenters. The smallest absolute Gasteiger partial charge is 0.225 e. The first kappa shape index (κ1) is 13.2. The van der Waals surface area contributed by atoms with E-state index in [9.17, 15) is 4.79 Å². The van der Waals surface area contributed by atoms with Crippen LogP contribution in [0.2, 0.25) is 0 Å². The molecule has 3 rings (SSSR count). The van der Waals surface area contributed by atoms with Gasteiger partial charge in [-0.2, -0.15) is 0 Å². The zero-order valence-corrected chi connectivity index (χ0v) is 12.0. The topological polar surface area (TPSA) is 46.3 Å². The van der Waals surface area contributed by atoms with E-state index in [2.05, 4.69) is 42.2 Å². The van der Waals surface area contributed by atoms with Crippen LogP contribution in [0.3, 0.4) is 0 Å². The van der Waals surface area contributed by atoms with Crippen LogP contribution in [0.5, 0.6) is 0 Å². The summed E-state index contributed by atoms with van der Waals surface area (Å²) in [5.74, 6) is -0.354. The molecule has 0 saturated heterocycles. The highest BCUT2D eigenvalue weighted by molar-refractivity contribution is 5.85. The Morgan fingerprint density at radius 3 is 2.85 bits per heavy atom. The molecule has 1 aromatic rings. The fourth-order valence-corrected chi connectivity index (χ4v) is 3.64. The number of carbonyl (C=O) groups excluding carboxylic acids is 1. The number of nitrogens with two attached hydrogens (primary N) is 1. The van der Waals surface area contributed by atoms with Gasteiger partial charge in [-0.05, 0) is 44.2 Å². The Hall–Kier alpha value is -1.77. The summed E-state index contributed by atoms with van der Waals surface area (Å²) in [6.45, 7) is 2.20. The molecule has 0 spiro atoms. The third kappa shape index (κ3) is 2.21. The Morgan fingerprint density at radius 1 is 1.35 bits per heavy atom. The number of anilines is 1. The van der Waals surface area contributed by atoms with E-state index in [0.29, 0.717) is 12.1 Å². The van der Waals surface area contributed by atoms with E-state index in [1.807, 2.05) is 6.07 Å². The van der Waals surface area contributed by atoms with Gasteiger partial charge in [0.2, 0.25) is 5.91 Å². The molecular weight excluding hydrogens is 248 g/mol. The highest BCUT2D eigenvalue weighted by Gasteiger charge is 2.35. The standard InChI is InChI=1S/C17H22N2O/c1-12-11-15(17(18)20)14-9-5-6-10-16(14)19(12)13-7-3-2-4-8-13/h3,5-7,9-10,12-13,15H,2,4,8,11H2,1H3,(H2,18,20)/t12-,13-,15+/m1/s1. The van der Waals surface area contributed by atoms with Gasteiger partial charge < -0.3 is 10.6 Å². The molecule has 1 aliphatic heterocycles. The number of hydrogen-bond acceptors (Lipinski definition) is 2. The molecule has 3 atom stereocenters. The number of primary amides is 1. The Labute approximate surface area is 120 Å². The molecule has 1 aliphatic carbocycles. The van der Waals surface area contributed by atoms with E-state index in [1.54, 1.807) is 0 Å². The average molecular weight is 270 g/mol. The molecule has 0 radical (unpaired) electrons. The van der Waals surface area contributed by atoms with Gasteiger partial charge in [-0.15, -0.1) is 0 Å². The van der Waals surface area contributed by atoms with Gasteiger partial charge in [0.1, 0.15) is 0 Å². The van der Waals surface area contributed by atoms with Crippen molar-refractivity contribution in [2.75, 3.05) is 4.90 Å². The average Bonchev–Trinajstić information content (AvgIpc) is 2.47. The second kappa shape index (κ2) is 5.31. The summed E-state index contributed by atoms with van der Waals surface area (Å²) in [7, 11) is 0. The molecule has 0 saturated carbocycles. The van der Waals surface area contributed by atoms with E-state index in [4.69, 9.17) is 5.73 Å². The van der Waals surface area contributed by atoms with Crippen molar-refractivity contribution in [3.63, 3.8) is 0 Å². The minimum absolute atomic E-state index is 0.148. The molecular formula is C17H22N2O. The Kier molecular flexibility index (Phi) is 3.51. The van der Waals surface area contributed by atoms with Crippen molar-refractivity contribution in [2.45, 2.75) is 50.6 Å². The summed E-state index contributed by atoms with van der Waals surface area (Å²) in [5.41, 5.74) is 7.88. The van der Waals surface area contributed by atoms with Gasteiger partial charge in [-0.1, -0.05) is 30.4 Å². The fraction of sp³-hybridized carbons (Fsp3) is 0.471. The molecule has 1 amide bonds. The maximum absolute atomic E-state index is 11.7. The first-order valence-electron chi connectivity index (χ1n) is 7.51. The maximum atomic E-state index is 11.7. The number of nitrogens with zero attached hydrogens (tertiary/aromatic N) is 1. The molecule has 3 nitrogen and oxygen atoms in total. The van der Waals surface area contributed by atoms with E-state index in [1.165, 1.54) is 24.9 Å². The monoisotopic (exact) mass is 270 g/mol. The van der Waals surface area contributed by atoms with Gasteiger partial charge in [-0.25, -0.2) is 0 Å². The lowest BCUT2D eigenvalue weighted by Gasteiger charge is -2.44. The van der Waals surface area contributed by atoms with E-state index >= 15 is 0 Å². The minimum atomic E-state index is -0.205. The van der Waals surface area contributed by atoms with Crippen LogP contribution in [0.15, 0.2) is 36.4 Å². The van der Waals surface area contributed by atoms with Crippen LogP contribution >= 0.6 is 0 Å². The zero-order chi connectivity index (χ0) is 14.1. The van der Waals surface area contributed by atoms with Crippen LogP contribution in [-0.2, 0) is 4.79 Å². The predicted octanol–water partition coefficient (Wildman–Crippen LogP) is 2.96. The van der Waals surface area contributed by atoms with Gasteiger partial charge in [0, 0.05) is 17.8 Å². The van der Waals surface area contributed by atoms with Crippen LogP contribution in [0, 0.1) is 0 Å². The lowest BCUT2D eigenvalue weighted by atomic mass is 9.83. The minimum Gasteiger partial charge on any atom is -0.369 e. The van der Waals surface area contributed by atoms with Gasteiger partial charge in [0.25, 0.3) is 0 Å². The molecule has 0 aromatic heterocycles. The lowest BCUT2D eigenvalue weighted by molar-refractivity contribution is -0.119. The summed E-state index contributed by atoms with van der Waals surface area (Å²) in [5, 5.41) is 0. The highest BCUT2D eigenvalue weighted by atomic mass is 16.1. The van der Waals surface area contributed by atoms with E-state index in [0.717, 1.165) is 12.0 Å². The van der Waals surface area contributed by atoms with Crippen molar-refractivity contribution in [3.8, 4) is 0 Å². The van der Waals surface area contributed by atoms with Gasteiger partial charge >= 0.3 is 0 Å². The lowest BCUT2D eigenvalue weighted by Crippen LogP contribution is -2.47. The molecule has 20 heavy (non-hydrogen) atoms. The maximum Gasteiger partial charge on any atom is 0.225 e. The van der Waals surface area contributed by atoms with Crippen molar-refractivity contribution in [1.29, 1.82) is 0 Å². The number of benzene rings is 1. The van der Waals surface area contributed by atoms with Crippen LogP contribution in [0.25, 0.3) is 0 Å². The molecule has 1 aromatic carbocycles. The SMILES string of the molecule is C[C@@H]1C[C@H](C(N)=O)c2ccccc2N1[C@@H]1C=CCCC1. The number of amides is 1. The zero-order valence-electron chi connectivity index (χ0n) is 12.0. The van der Waals surface area contributed by atoms with Crippen molar-refractivity contribution in [1.82, 2.24) is 0 Å². The van der Waals surface area contributed by atoms with E-state index in [-0.39, 0.29) is 11.8 Å². The summed E-state index contributed by atoms with van der Waals surface area (Å²) >= 11 is 0. The van der Waals surface area contributed by atoms with Crippen molar-refractivity contribution in [3.05, 3.63) is 42.0 Å². The highest BCUT2D eigenvalue weighted by Crippen LogP contribution is 2.40. The quantitative estimate of drug-likeness (QED) is 0.840.